The highest BCUT2D eigenvalue weighted by molar-refractivity contribution is 6.01. The molecule has 0 radical (unpaired) electrons. The number of nitriles is 1. The smallest absolute Gasteiger partial charge is 0.339 e. The van der Waals surface area contributed by atoms with Crippen LogP contribution in [0.1, 0.15) is 34.3 Å². The van der Waals surface area contributed by atoms with E-state index < -0.39 is 23.1 Å². The van der Waals surface area contributed by atoms with Crippen LogP contribution in [0.4, 0.5) is 17.6 Å². The molecule has 174 valence electrons. The second-order valence-electron chi connectivity index (χ2n) is 8.48. The van der Waals surface area contributed by atoms with E-state index in [1.807, 2.05) is 0 Å². The lowest BCUT2D eigenvalue weighted by atomic mass is 9.75. The molecule has 1 aliphatic rings. The monoisotopic (exact) mass is 467 g/mol. The van der Waals surface area contributed by atoms with E-state index in [0.29, 0.717) is 30.4 Å². The van der Waals surface area contributed by atoms with Crippen LogP contribution in [0.15, 0.2) is 67.0 Å². The molecule has 4 rings (SSSR count). The number of carbonyl (C=O) groups is 1. The van der Waals surface area contributed by atoms with Gasteiger partial charge in [-0.1, -0.05) is 18.2 Å². The molecule has 0 bridgehead atoms. The van der Waals surface area contributed by atoms with E-state index in [1.54, 1.807) is 24.3 Å². The number of likely N-dealkylation sites (tertiary alicyclic amines) is 1. The fourth-order valence-electron chi connectivity index (χ4n) is 4.31. The van der Waals surface area contributed by atoms with Crippen molar-refractivity contribution in [2.45, 2.75) is 25.4 Å². The van der Waals surface area contributed by atoms with Gasteiger partial charge in [-0.3, -0.25) is 9.78 Å². The Morgan fingerprint density at radius 2 is 1.68 bits per heavy atom. The van der Waals surface area contributed by atoms with E-state index >= 15 is 0 Å². The zero-order valence-corrected chi connectivity index (χ0v) is 18.1. The Labute approximate surface area is 194 Å². The number of nitrogens with zero attached hydrogens (tertiary/aromatic N) is 3. The fourth-order valence-corrected chi connectivity index (χ4v) is 4.31. The van der Waals surface area contributed by atoms with Crippen LogP contribution in [0.2, 0.25) is 0 Å². The first-order valence-electron chi connectivity index (χ1n) is 10.8. The maximum atomic E-state index is 13.4. The molecule has 3 aromatic rings. The van der Waals surface area contributed by atoms with Gasteiger partial charge >= 0.3 is 6.18 Å². The largest absolute Gasteiger partial charge is 0.416 e. The van der Waals surface area contributed by atoms with Crippen molar-refractivity contribution in [3.63, 3.8) is 0 Å². The van der Waals surface area contributed by atoms with Gasteiger partial charge in [0.25, 0.3) is 5.91 Å². The van der Waals surface area contributed by atoms with Gasteiger partial charge in [0.1, 0.15) is 5.82 Å². The van der Waals surface area contributed by atoms with Crippen LogP contribution in [0.3, 0.4) is 0 Å². The zero-order valence-electron chi connectivity index (χ0n) is 18.1. The summed E-state index contributed by atoms with van der Waals surface area (Å²) in [4.78, 5) is 18.8. The summed E-state index contributed by atoms with van der Waals surface area (Å²) in [6.45, 7) is 0.471. The number of amides is 1. The molecular weight excluding hydrogens is 446 g/mol. The molecule has 1 saturated heterocycles. The highest BCUT2D eigenvalue weighted by Crippen LogP contribution is 2.37. The van der Waals surface area contributed by atoms with E-state index in [9.17, 15) is 27.6 Å². The Morgan fingerprint density at radius 3 is 2.26 bits per heavy atom. The predicted molar refractivity (Wildman–Crippen MR) is 118 cm³/mol. The van der Waals surface area contributed by atoms with Crippen LogP contribution in [0, 0.1) is 22.6 Å². The first-order chi connectivity index (χ1) is 16.2. The third kappa shape index (κ3) is 4.93. The molecule has 1 aromatic heterocycles. The zero-order chi connectivity index (χ0) is 24.3. The summed E-state index contributed by atoms with van der Waals surface area (Å²) in [7, 11) is 0. The van der Waals surface area contributed by atoms with Gasteiger partial charge in [-0.15, -0.1) is 0 Å². The fraction of sp³-hybridized carbons (Fsp3) is 0.269. The van der Waals surface area contributed by atoms with Gasteiger partial charge in [-0.05, 0) is 72.4 Å². The normalized spacial score (nSPS) is 15.6. The van der Waals surface area contributed by atoms with E-state index in [1.165, 1.54) is 35.5 Å². The molecule has 0 spiro atoms. The van der Waals surface area contributed by atoms with E-state index in [-0.39, 0.29) is 24.5 Å². The van der Waals surface area contributed by atoms with Crippen molar-refractivity contribution < 1.29 is 22.4 Å². The van der Waals surface area contributed by atoms with Crippen LogP contribution >= 0.6 is 0 Å². The predicted octanol–water partition coefficient (Wildman–Crippen LogP) is 5.90. The first kappa shape index (κ1) is 23.4. The van der Waals surface area contributed by atoms with E-state index in [4.69, 9.17) is 0 Å². The number of hydrogen-bond donors (Lipinski definition) is 0. The number of rotatable bonds is 4. The van der Waals surface area contributed by atoms with Gasteiger partial charge in [0.2, 0.25) is 0 Å². The van der Waals surface area contributed by atoms with E-state index in [2.05, 4.69) is 11.1 Å². The van der Waals surface area contributed by atoms with Crippen LogP contribution in [0.5, 0.6) is 0 Å². The van der Waals surface area contributed by atoms with Crippen molar-refractivity contribution in [3.05, 3.63) is 89.5 Å². The third-order valence-electron chi connectivity index (χ3n) is 6.27. The minimum atomic E-state index is -4.58. The van der Waals surface area contributed by atoms with Gasteiger partial charge in [0, 0.05) is 31.0 Å². The van der Waals surface area contributed by atoms with E-state index in [0.717, 1.165) is 17.7 Å². The standard InChI is InChI=1S/C26H21F4N3O/c27-21-4-1-18(2-5-21)16-25(17-31)9-13-33(14-10-25)24(34)23-15-20(26(28,29)30)3-6-22(23)19-7-11-32-12-8-19/h1-8,11-12,15H,9-10,13-14,16H2. The molecule has 34 heavy (non-hydrogen) atoms. The highest BCUT2D eigenvalue weighted by Gasteiger charge is 2.38. The third-order valence-corrected chi connectivity index (χ3v) is 6.27. The molecule has 8 heteroatoms. The molecule has 1 amide bonds. The number of benzene rings is 2. The quantitative estimate of drug-likeness (QED) is 0.449. The van der Waals surface area contributed by atoms with Crippen LogP contribution < -0.4 is 0 Å². The molecule has 0 atom stereocenters. The second kappa shape index (κ2) is 9.26. The summed E-state index contributed by atoms with van der Waals surface area (Å²) in [5, 5.41) is 9.86. The van der Waals surface area contributed by atoms with Crippen molar-refractivity contribution in [3.8, 4) is 17.2 Å². The minimum absolute atomic E-state index is 0.0379. The molecule has 0 unspecified atom stereocenters. The van der Waals surface area contributed by atoms with Gasteiger partial charge in [-0.2, -0.15) is 18.4 Å². The maximum absolute atomic E-state index is 13.4. The number of aromatic nitrogens is 1. The Morgan fingerprint density at radius 1 is 1.03 bits per heavy atom. The summed E-state index contributed by atoms with van der Waals surface area (Å²) in [6.07, 6.45) is -0.402. The van der Waals surface area contributed by atoms with Crippen LogP contribution in [-0.2, 0) is 12.6 Å². The van der Waals surface area contributed by atoms with Gasteiger partial charge < -0.3 is 4.90 Å². The number of hydrogen-bond acceptors (Lipinski definition) is 3. The summed E-state index contributed by atoms with van der Waals surface area (Å²) in [6, 6.07) is 14.7. The molecule has 4 nitrogen and oxygen atoms in total. The second-order valence-corrected chi connectivity index (χ2v) is 8.48. The summed E-state index contributed by atoms with van der Waals surface area (Å²) in [5.74, 6) is -0.868. The number of halogens is 4. The van der Waals surface area contributed by atoms with Gasteiger partial charge in [0.05, 0.1) is 17.0 Å². The minimum Gasteiger partial charge on any atom is -0.339 e. The Bertz CT molecular complexity index is 1210. The van der Waals surface area contributed by atoms with Crippen molar-refractivity contribution in [1.29, 1.82) is 5.26 Å². The molecule has 1 aliphatic heterocycles. The Hall–Kier alpha value is -3.73. The molecule has 2 aromatic carbocycles. The average Bonchev–Trinajstić information content (AvgIpc) is 2.85. The Balaban J connectivity index is 1.58. The van der Waals surface area contributed by atoms with Gasteiger partial charge in [0.15, 0.2) is 0 Å². The number of pyridine rings is 1. The SMILES string of the molecule is N#CC1(Cc2ccc(F)cc2)CCN(C(=O)c2cc(C(F)(F)F)ccc2-c2ccncc2)CC1. The van der Waals surface area contributed by atoms with Crippen molar-refractivity contribution >= 4 is 5.91 Å². The number of piperidine rings is 1. The van der Waals surface area contributed by atoms with Crippen molar-refractivity contribution in [2.24, 2.45) is 5.41 Å². The van der Waals surface area contributed by atoms with Crippen molar-refractivity contribution in [2.75, 3.05) is 13.1 Å². The van der Waals surface area contributed by atoms with Crippen LogP contribution in [0.25, 0.3) is 11.1 Å². The summed E-state index contributed by atoms with van der Waals surface area (Å²) < 4.78 is 53.4. The van der Waals surface area contributed by atoms with Gasteiger partial charge in [-0.25, -0.2) is 4.39 Å². The molecule has 2 heterocycles. The molecule has 1 fully saturated rings. The lowest BCUT2D eigenvalue weighted by Crippen LogP contribution is -2.43. The highest BCUT2D eigenvalue weighted by atomic mass is 19.4. The number of carbonyl (C=O) groups excluding carboxylic acids is 1. The summed E-state index contributed by atoms with van der Waals surface area (Å²) in [5.41, 5.74) is 0.143. The lowest BCUT2D eigenvalue weighted by molar-refractivity contribution is -0.137. The van der Waals surface area contributed by atoms with Crippen LogP contribution in [-0.4, -0.2) is 28.9 Å². The molecular formula is C26H21F4N3O. The first-order valence-corrected chi connectivity index (χ1v) is 10.8. The number of alkyl halides is 3. The Kier molecular flexibility index (Phi) is 6.38. The maximum Gasteiger partial charge on any atom is 0.416 e. The molecule has 0 saturated carbocycles. The van der Waals surface area contributed by atoms with Crippen molar-refractivity contribution in [1.82, 2.24) is 9.88 Å². The lowest BCUT2D eigenvalue weighted by Gasteiger charge is -2.37. The topological polar surface area (TPSA) is 57.0 Å². The molecule has 0 N–H and O–H groups in total. The average molecular weight is 467 g/mol. The summed E-state index contributed by atoms with van der Waals surface area (Å²) >= 11 is 0. The molecule has 0 aliphatic carbocycles.